The Balaban J connectivity index is 1.42. The number of carbonyl (C=O) groups excluding carboxylic acids is 1. The minimum atomic E-state index is -0.774. The normalized spacial score (nSPS) is 24.2. The third-order valence-corrected chi connectivity index (χ3v) is 7.92. The molecule has 1 amide bonds. The highest BCUT2D eigenvalue weighted by Gasteiger charge is 2.45. The zero-order valence-electron chi connectivity index (χ0n) is 20.8. The Labute approximate surface area is 209 Å². The third-order valence-electron chi connectivity index (χ3n) is 7.92. The highest BCUT2D eigenvalue weighted by atomic mass is 19.1. The maximum atomic E-state index is 14.0. The van der Waals surface area contributed by atoms with Gasteiger partial charge in [-0.3, -0.25) is 19.4 Å². The van der Waals surface area contributed by atoms with E-state index in [0.29, 0.717) is 36.7 Å². The predicted molar refractivity (Wildman–Crippen MR) is 131 cm³/mol. The van der Waals surface area contributed by atoms with Gasteiger partial charge in [-0.2, -0.15) is 0 Å². The molecule has 2 N–H and O–H groups in total. The topological polar surface area (TPSA) is 77.8 Å². The number of benzene rings is 1. The van der Waals surface area contributed by atoms with Gasteiger partial charge in [-0.25, -0.2) is 8.78 Å². The van der Waals surface area contributed by atoms with Gasteiger partial charge >= 0.3 is 0 Å². The molecule has 2 aromatic rings. The average Bonchev–Trinajstić information content (AvgIpc) is 2.84. The number of nitrogens with zero attached hydrogens (tertiary/aromatic N) is 3. The molecule has 3 atom stereocenters. The molecule has 1 aliphatic carbocycles. The summed E-state index contributed by atoms with van der Waals surface area (Å²) in [6.07, 6.45) is 6.42. The summed E-state index contributed by atoms with van der Waals surface area (Å²) in [5.74, 6) is -1.49. The van der Waals surface area contributed by atoms with Crippen molar-refractivity contribution in [2.24, 2.45) is 11.8 Å². The van der Waals surface area contributed by atoms with Crippen LogP contribution in [0.2, 0.25) is 0 Å². The fourth-order valence-corrected chi connectivity index (χ4v) is 6.26. The van der Waals surface area contributed by atoms with E-state index in [1.807, 2.05) is 4.57 Å². The van der Waals surface area contributed by atoms with Crippen molar-refractivity contribution in [2.75, 3.05) is 13.1 Å². The van der Waals surface area contributed by atoms with Gasteiger partial charge < -0.3 is 15.0 Å². The van der Waals surface area contributed by atoms with Crippen LogP contribution in [0.15, 0.2) is 29.2 Å². The molecule has 2 aliphatic heterocycles. The minimum Gasteiger partial charge on any atom is -0.503 e. The van der Waals surface area contributed by atoms with Crippen LogP contribution in [-0.4, -0.2) is 50.7 Å². The van der Waals surface area contributed by atoms with Crippen LogP contribution >= 0.6 is 0 Å². The van der Waals surface area contributed by atoms with Gasteiger partial charge in [0.2, 0.25) is 5.43 Å². The Morgan fingerprint density at radius 2 is 1.97 bits per heavy atom. The number of aromatic nitrogens is 1. The highest BCUT2D eigenvalue weighted by molar-refractivity contribution is 5.94. The molecule has 3 aliphatic rings. The van der Waals surface area contributed by atoms with Gasteiger partial charge in [-0.05, 0) is 30.7 Å². The van der Waals surface area contributed by atoms with Gasteiger partial charge in [0.15, 0.2) is 5.75 Å². The Morgan fingerprint density at radius 1 is 1.19 bits per heavy atom. The Morgan fingerprint density at radius 3 is 2.72 bits per heavy atom. The molecular weight excluding hydrogens is 466 g/mol. The summed E-state index contributed by atoms with van der Waals surface area (Å²) in [7, 11) is 0. The van der Waals surface area contributed by atoms with E-state index in [4.69, 9.17) is 0 Å². The predicted octanol–water partition coefficient (Wildman–Crippen LogP) is 3.43. The molecule has 9 heteroatoms. The van der Waals surface area contributed by atoms with Crippen LogP contribution in [0.1, 0.15) is 61.1 Å². The first kappa shape index (κ1) is 24.9. The lowest BCUT2D eigenvalue weighted by atomic mass is 9.80. The van der Waals surface area contributed by atoms with Crippen molar-refractivity contribution in [3.63, 3.8) is 0 Å². The number of hydrogen-bond donors (Lipinski definition) is 2. The molecule has 0 radical (unpaired) electrons. The molecule has 0 unspecified atom stereocenters. The number of carbonyl (C=O) groups is 1. The van der Waals surface area contributed by atoms with Crippen molar-refractivity contribution in [1.82, 2.24) is 19.7 Å². The lowest BCUT2D eigenvalue weighted by Gasteiger charge is -2.56. The van der Waals surface area contributed by atoms with E-state index in [9.17, 15) is 23.5 Å². The molecule has 3 heterocycles. The van der Waals surface area contributed by atoms with Crippen LogP contribution in [-0.2, 0) is 19.6 Å². The summed E-state index contributed by atoms with van der Waals surface area (Å²) in [5.41, 5.74) is -0.272. The van der Waals surface area contributed by atoms with Crippen LogP contribution in [0.25, 0.3) is 0 Å². The van der Waals surface area contributed by atoms with Crippen LogP contribution in [0.4, 0.5) is 8.78 Å². The molecule has 1 saturated heterocycles. The second kappa shape index (κ2) is 9.94. The lowest BCUT2D eigenvalue weighted by molar-refractivity contribution is -0.106. The maximum absolute atomic E-state index is 14.0. The number of nitrogens with one attached hydrogen (secondary N) is 1. The van der Waals surface area contributed by atoms with Gasteiger partial charge in [0, 0.05) is 50.0 Å². The molecule has 5 rings (SSSR count). The van der Waals surface area contributed by atoms with E-state index >= 15 is 0 Å². The highest BCUT2D eigenvalue weighted by Crippen LogP contribution is 2.39. The summed E-state index contributed by atoms with van der Waals surface area (Å²) in [4.78, 5) is 30.8. The molecule has 1 aromatic carbocycles. The van der Waals surface area contributed by atoms with Gasteiger partial charge in [-0.15, -0.1) is 0 Å². The van der Waals surface area contributed by atoms with E-state index in [1.54, 1.807) is 0 Å². The molecule has 194 valence electrons. The summed E-state index contributed by atoms with van der Waals surface area (Å²) in [6, 6.07) is 3.54. The molecule has 1 saturated carbocycles. The van der Waals surface area contributed by atoms with E-state index < -0.39 is 28.7 Å². The smallest absolute Gasteiger partial charge is 0.257 e. The zero-order chi connectivity index (χ0) is 25.6. The molecular formula is C27H34F2N4O3. The van der Waals surface area contributed by atoms with Crippen molar-refractivity contribution in [3.05, 3.63) is 63.1 Å². The largest absolute Gasteiger partial charge is 0.503 e. The number of halogens is 2. The Kier molecular flexibility index (Phi) is 6.87. The average molecular weight is 501 g/mol. The number of pyridine rings is 1. The standard InChI is InChI=1S/C27H34F2N4O3/c1-16(2)11-32-12-18-5-3-4-6-22(18)33-14-23-26(35)25(34)20(13-31(23)15-24(32)33)27(36)30-10-17-7-8-19(28)9-21(17)29/h7-9,13,16,18,22,24,35H,3-6,10-12,14-15H2,1-2H3,(H,30,36)/t18-,22-,24-/m0/s1. The molecule has 0 spiro atoms. The molecule has 2 fully saturated rings. The van der Waals surface area contributed by atoms with Gasteiger partial charge in [0.05, 0.1) is 18.4 Å². The molecule has 1 aromatic heterocycles. The molecule has 36 heavy (non-hydrogen) atoms. The number of aromatic hydroxyl groups is 1. The van der Waals surface area contributed by atoms with E-state index in [-0.39, 0.29) is 23.8 Å². The first-order valence-corrected chi connectivity index (χ1v) is 12.9. The van der Waals surface area contributed by atoms with Crippen LogP contribution in [0, 0.1) is 23.5 Å². The van der Waals surface area contributed by atoms with Crippen molar-refractivity contribution < 1.29 is 18.7 Å². The lowest BCUT2D eigenvalue weighted by Crippen LogP contribution is -2.65. The van der Waals surface area contributed by atoms with Crippen molar-refractivity contribution >= 4 is 5.91 Å². The quantitative estimate of drug-likeness (QED) is 0.658. The SMILES string of the molecule is CC(C)CN1C[C@@H]2CCCC[C@@H]2N2Cc3c(O)c(=O)c(C(=O)NCc4ccc(F)cc4F)cn3C[C@@H]12. The fourth-order valence-electron chi connectivity index (χ4n) is 6.26. The van der Waals surface area contributed by atoms with E-state index in [1.165, 1.54) is 31.5 Å². The van der Waals surface area contributed by atoms with E-state index in [0.717, 1.165) is 31.6 Å². The van der Waals surface area contributed by atoms with Crippen LogP contribution in [0.3, 0.4) is 0 Å². The first-order valence-electron chi connectivity index (χ1n) is 12.9. The van der Waals surface area contributed by atoms with E-state index in [2.05, 4.69) is 29.0 Å². The van der Waals surface area contributed by atoms with Crippen molar-refractivity contribution in [1.29, 1.82) is 0 Å². The number of rotatable bonds is 5. The number of fused-ring (bicyclic) bond motifs is 4. The zero-order valence-corrected chi connectivity index (χ0v) is 20.8. The fraction of sp³-hybridized carbons (Fsp3) is 0.556. The van der Waals surface area contributed by atoms with Crippen LogP contribution in [0.5, 0.6) is 5.75 Å². The van der Waals surface area contributed by atoms with Crippen molar-refractivity contribution in [3.8, 4) is 5.75 Å². The summed E-state index contributed by atoms with van der Waals surface area (Å²) >= 11 is 0. The Hall–Kier alpha value is -2.78. The monoisotopic (exact) mass is 500 g/mol. The summed E-state index contributed by atoms with van der Waals surface area (Å²) in [5, 5.41) is 13.4. The third kappa shape index (κ3) is 4.66. The van der Waals surface area contributed by atoms with Crippen LogP contribution < -0.4 is 10.7 Å². The van der Waals surface area contributed by atoms with Crippen molar-refractivity contribution in [2.45, 2.75) is 71.4 Å². The minimum absolute atomic E-state index is 0.108. The summed E-state index contributed by atoms with van der Waals surface area (Å²) in [6.45, 7) is 7.24. The maximum Gasteiger partial charge on any atom is 0.257 e. The summed E-state index contributed by atoms with van der Waals surface area (Å²) < 4.78 is 29.0. The second-order valence-corrected chi connectivity index (χ2v) is 10.9. The number of hydrogen-bond acceptors (Lipinski definition) is 5. The van der Waals surface area contributed by atoms with Gasteiger partial charge in [0.1, 0.15) is 17.2 Å². The first-order chi connectivity index (χ1) is 17.2. The number of amides is 1. The Bertz CT molecular complexity index is 1210. The van der Waals surface area contributed by atoms with Gasteiger partial charge in [-0.1, -0.05) is 32.8 Å². The van der Waals surface area contributed by atoms with Gasteiger partial charge in [0.25, 0.3) is 5.91 Å². The molecule has 7 nitrogen and oxygen atoms in total. The molecule has 0 bridgehead atoms. The second-order valence-electron chi connectivity index (χ2n) is 10.9.